The highest BCUT2D eigenvalue weighted by Crippen LogP contribution is 2.37. The van der Waals surface area contributed by atoms with Crippen molar-refractivity contribution in [3.8, 4) is 5.75 Å². The predicted octanol–water partition coefficient (Wildman–Crippen LogP) is 3.43. The summed E-state index contributed by atoms with van der Waals surface area (Å²) in [7, 11) is 0. The summed E-state index contributed by atoms with van der Waals surface area (Å²) in [6.45, 7) is 6.11. The third-order valence-corrected chi connectivity index (χ3v) is 5.57. The number of H-pyrrole nitrogens is 1. The highest BCUT2D eigenvalue weighted by atomic mass is 19.4. The van der Waals surface area contributed by atoms with E-state index in [9.17, 15) is 18.0 Å². The summed E-state index contributed by atoms with van der Waals surface area (Å²) in [5, 5.41) is 7.38. The van der Waals surface area contributed by atoms with Crippen LogP contribution in [0.4, 0.5) is 19.0 Å². The fraction of sp³-hybridized carbons (Fsp3) is 0.348. The summed E-state index contributed by atoms with van der Waals surface area (Å²) in [6, 6.07) is 3.69. The quantitative estimate of drug-likeness (QED) is 0.441. The average Bonchev–Trinajstić information content (AvgIpc) is 3.44. The molecule has 0 unspecified atom stereocenters. The summed E-state index contributed by atoms with van der Waals surface area (Å²) >= 11 is 0. The molecule has 4 aromatic rings. The zero-order chi connectivity index (χ0) is 25.7. The molecule has 10 nitrogen and oxygen atoms in total. The Bertz CT molecular complexity index is 1410. The molecule has 0 fully saturated rings. The first kappa shape index (κ1) is 23.6. The van der Waals surface area contributed by atoms with Gasteiger partial charge in [0, 0.05) is 24.7 Å². The van der Waals surface area contributed by atoms with Gasteiger partial charge in [0.05, 0.1) is 35.8 Å². The van der Waals surface area contributed by atoms with Crippen LogP contribution in [0.2, 0.25) is 0 Å². The molecule has 1 atom stereocenters. The number of aromatic amines is 1. The zero-order valence-electron chi connectivity index (χ0n) is 19.7. The maximum atomic E-state index is 12.9. The van der Waals surface area contributed by atoms with Crippen molar-refractivity contribution in [2.24, 2.45) is 0 Å². The molecular weight excluding hydrogens is 477 g/mol. The van der Waals surface area contributed by atoms with Gasteiger partial charge in [0.1, 0.15) is 23.1 Å². The number of ether oxygens (including phenoxy) is 1. The van der Waals surface area contributed by atoms with Crippen LogP contribution < -0.4 is 15.0 Å². The minimum Gasteiger partial charge on any atom is -0.403 e. The van der Waals surface area contributed by atoms with Gasteiger partial charge >= 0.3 is 6.36 Å². The Labute approximate surface area is 203 Å². The van der Waals surface area contributed by atoms with Gasteiger partial charge in [-0.25, -0.2) is 19.5 Å². The lowest BCUT2D eigenvalue weighted by molar-refractivity contribution is -0.274. The van der Waals surface area contributed by atoms with Crippen LogP contribution in [0, 0.1) is 0 Å². The fourth-order valence-electron chi connectivity index (χ4n) is 4.18. The largest absolute Gasteiger partial charge is 0.573 e. The second kappa shape index (κ2) is 8.50. The summed E-state index contributed by atoms with van der Waals surface area (Å²) < 4.78 is 44.3. The van der Waals surface area contributed by atoms with E-state index in [4.69, 9.17) is 0 Å². The van der Waals surface area contributed by atoms with Crippen molar-refractivity contribution in [1.82, 2.24) is 34.9 Å². The molecule has 2 N–H and O–H groups in total. The molecule has 4 aromatic heterocycles. The molecule has 0 aromatic carbocycles. The number of alkyl halides is 3. The van der Waals surface area contributed by atoms with Crippen molar-refractivity contribution in [3.05, 3.63) is 65.9 Å². The van der Waals surface area contributed by atoms with Gasteiger partial charge in [0.2, 0.25) is 0 Å². The van der Waals surface area contributed by atoms with E-state index in [1.165, 1.54) is 29.0 Å². The maximum absolute atomic E-state index is 12.9. The number of carbonyl (C=O) groups excluding carboxylic acids is 1. The van der Waals surface area contributed by atoms with Crippen LogP contribution in [-0.2, 0) is 6.42 Å². The number of rotatable bonds is 4. The normalized spacial score (nSPS) is 16.2. The molecular formula is C23H23F3N8O2. The fourth-order valence-corrected chi connectivity index (χ4v) is 4.18. The van der Waals surface area contributed by atoms with Crippen LogP contribution in [0.1, 0.15) is 54.4 Å². The molecule has 1 amide bonds. The lowest BCUT2D eigenvalue weighted by Gasteiger charge is -2.34. The van der Waals surface area contributed by atoms with Crippen molar-refractivity contribution >= 4 is 17.2 Å². The van der Waals surface area contributed by atoms with E-state index in [1.54, 1.807) is 18.6 Å². The molecule has 36 heavy (non-hydrogen) atoms. The topological polar surface area (TPSA) is 113 Å². The summed E-state index contributed by atoms with van der Waals surface area (Å²) in [5.41, 5.74) is 1.95. The van der Waals surface area contributed by atoms with Crippen LogP contribution >= 0.6 is 0 Å². The van der Waals surface area contributed by atoms with E-state index in [0.29, 0.717) is 24.5 Å². The minimum atomic E-state index is -4.84. The molecule has 0 aliphatic carbocycles. The van der Waals surface area contributed by atoms with Crippen molar-refractivity contribution in [2.75, 3.05) is 11.4 Å². The Morgan fingerprint density at radius 3 is 2.69 bits per heavy atom. The number of hydrogen-bond acceptors (Lipinski definition) is 7. The predicted molar refractivity (Wildman–Crippen MR) is 123 cm³/mol. The van der Waals surface area contributed by atoms with Crippen molar-refractivity contribution in [2.45, 2.75) is 45.1 Å². The van der Waals surface area contributed by atoms with Gasteiger partial charge in [-0.2, -0.15) is 5.10 Å². The summed E-state index contributed by atoms with van der Waals surface area (Å²) in [6.07, 6.45) is 1.79. The minimum absolute atomic E-state index is 0.164. The Hall–Kier alpha value is -4.16. The van der Waals surface area contributed by atoms with E-state index in [1.807, 2.05) is 25.7 Å². The Morgan fingerprint density at radius 1 is 1.19 bits per heavy atom. The Morgan fingerprint density at radius 2 is 2.00 bits per heavy atom. The standard InChI is InChI=1S/C23H23F3N8O2/c1-22(2,3)31-21(35)15-10-28-18(11-27-15)33-8-6-13-19(30-12-29-13)20(33)14-9-16-17(36-23(24,25)26)5-4-7-34(16)32-14/h4-5,7,9-12,20H,6,8H2,1-3H3,(H,29,30)(H,31,35)/t20-/m0/s1. The number of nitrogens with zero attached hydrogens (tertiary/aromatic N) is 6. The third-order valence-electron chi connectivity index (χ3n) is 5.57. The second-order valence-corrected chi connectivity index (χ2v) is 9.39. The molecule has 0 saturated heterocycles. The van der Waals surface area contributed by atoms with Crippen molar-refractivity contribution in [3.63, 3.8) is 0 Å². The SMILES string of the molecule is CC(C)(C)NC(=O)c1cnc(N2CCc3nc[nH]c3[C@@H]2c2cc3c(OC(F)(F)F)cccn3n2)cn1. The number of aromatic nitrogens is 6. The van der Waals surface area contributed by atoms with Crippen molar-refractivity contribution < 1.29 is 22.7 Å². The van der Waals surface area contributed by atoms with Crippen LogP contribution in [0.15, 0.2) is 43.1 Å². The monoisotopic (exact) mass is 500 g/mol. The molecule has 1 aliphatic rings. The van der Waals surface area contributed by atoms with E-state index in [2.05, 4.69) is 35.1 Å². The molecule has 0 bridgehead atoms. The maximum Gasteiger partial charge on any atom is 0.573 e. The zero-order valence-corrected chi connectivity index (χ0v) is 19.7. The Balaban J connectivity index is 1.52. The Kier molecular flexibility index (Phi) is 5.57. The molecule has 188 valence electrons. The smallest absolute Gasteiger partial charge is 0.403 e. The number of fused-ring (bicyclic) bond motifs is 2. The molecule has 0 spiro atoms. The van der Waals surface area contributed by atoms with Crippen LogP contribution in [0.5, 0.6) is 5.75 Å². The number of halogens is 3. The van der Waals surface area contributed by atoms with E-state index in [0.717, 1.165) is 11.4 Å². The van der Waals surface area contributed by atoms with Crippen LogP contribution in [-0.4, -0.2) is 53.9 Å². The van der Waals surface area contributed by atoms with Gasteiger partial charge in [0.15, 0.2) is 5.75 Å². The number of pyridine rings is 1. The molecule has 5 heterocycles. The van der Waals surface area contributed by atoms with Gasteiger partial charge in [-0.05, 0) is 39.0 Å². The van der Waals surface area contributed by atoms with Gasteiger partial charge in [0.25, 0.3) is 5.91 Å². The molecule has 1 aliphatic heterocycles. The molecule has 0 saturated carbocycles. The number of imidazole rings is 1. The van der Waals surface area contributed by atoms with Gasteiger partial charge in [-0.1, -0.05) is 0 Å². The van der Waals surface area contributed by atoms with E-state index in [-0.39, 0.29) is 22.9 Å². The number of anilines is 1. The number of amides is 1. The summed E-state index contributed by atoms with van der Waals surface area (Å²) in [4.78, 5) is 30.6. The number of carbonyl (C=O) groups is 1. The van der Waals surface area contributed by atoms with Gasteiger partial charge in [-0.15, -0.1) is 13.2 Å². The average molecular weight is 500 g/mol. The van der Waals surface area contributed by atoms with Crippen LogP contribution in [0.3, 0.4) is 0 Å². The van der Waals surface area contributed by atoms with E-state index < -0.39 is 17.9 Å². The van der Waals surface area contributed by atoms with Gasteiger partial charge in [-0.3, -0.25) is 4.79 Å². The molecule has 13 heteroatoms. The first-order valence-corrected chi connectivity index (χ1v) is 11.2. The van der Waals surface area contributed by atoms with Crippen LogP contribution in [0.25, 0.3) is 5.52 Å². The lowest BCUT2D eigenvalue weighted by Crippen LogP contribution is -2.41. The molecule has 0 radical (unpaired) electrons. The highest BCUT2D eigenvalue weighted by Gasteiger charge is 2.35. The lowest BCUT2D eigenvalue weighted by atomic mass is 10.00. The first-order valence-electron chi connectivity index (χ1n) is 11.2. The third kappa shape index (κ3) is 4.68. The number of nitrogens with one attached hydrogen (secondary N) is 2. The summed E-state index contributed by atoms with van der Waals surface area (Å²) in [5.74, 6) is -0.216. The van der Waals surface area contributed by atoms with Crippen molar-refractivity contribution in [1.29, 1.82) is 0 Å². The molecule has 5 rings (SSSR count). The van der Waals surface area contributed by atoms with E-state index >= 15 is 0 Å². The first-order chi connectivity index (χ1) is 17.0. The highest BCUT2D eigenvalue weighted by molar-refractivity contribution is 5.92. The second-order valence-electron chi connectivity index (χ2n) is 9.39. The number of hydrogen-bond donors (Lipinski definition) is 2. The van der Waals surface area contributed by atoms with Gasteiger partial charge < -0.3 is 19.9 Å².